The van der Waals surface area contributed by atoms with E-state index in [2.05, 4.69) is 46.7 Å². The molecule has 4 heteroatoms. The highest BCUT2D eigenvalue weighted by molar-refractivity contribution is 5.28. The highest BCUT2D eigenvalue weighted by atomic mass is 15.2. The molecule has 0 saturated carbocycles. The molecule has 1 aliphatic heterocycles. The molecule has 1 fully saturated rings. The lowest BCUT2D eigenvalue weighted by Crippen LogP contribution is -2.34. The van der Waals surface area contributed by atoms with Crippen molar-refractivity contribution in [3.63, 3.8) is 0 Å². The summed E-state index contributed by atoms with van der Waals surface area (Å²) in [5.41, 5.74) is 1.10. The Labute approximate surface area is 117 Å². The van der Waals surface area contributed by atoms with Crippen molar-refractivity contribution < 1.29 is 0 Å². The highest BCUT2D eigenvalue weighted by Crippen LogP contribution is 2.12. The molecule has 0 unspecified atom stereocenters. The normalized spacial score (nSPS) is 17.1. The number of anilines is 1. The summed E-state index contributed by atoms with van der Waals surface area (Å²) in [7, 11) is 0. The van der Waals surface area contributed by atoms with Crippen LogP contribution in [-0.2, 0) is 6.54 Å². The molecule has 19 heavy (non-hydrogen) atoms. The average molecular weight is 264 g/mol. The molecule has 4 nitrogen and oxygen atoms in total. The average Bonchev–Trinajstić information content (AvgIpc) is 2.70. The topological polar surface area (TPSA) is 33.1 Å². The summed E-state index contributed by atoms with van der Waals surface area (Å²) in [4.78, 5) is 7.13. The Morgan fingerprint density at radius 2 is 2.00 bits per heavy atom. The van der Waals surface area contributed by atoms with Gasteiger partial charge in [-0.2, -0.15) is 0 Å². The van der Waals surface area contributed by atoms with Crippen molar-refractivity contribution in [2.24, 2.45) is 5.92 Å². The van der Waals surface area contributed by atoms with Crippen LogP contribution in [0.5, 0.6) is 0 Å². The van der Waals surface area contributed by atoms with E-state index in [0.717, 1.165) is 31.3 Å². The molecule has 0 aromatic carbocycles. The fourth-order valence-electron chi connectivity index (χ4n) is 2.73. The van der Waals surface area contributed by atoms with Crippen LogP contribution >= 0.6 is 0 Å². The van der Waals surface area contributed by atoms with Crippen molar-refractivity contribution in [1.82, 2.24) is 14.5 Å². The molecule has 1 N–H and O–H groups in total. The number of rotatable bonds is 6. The summed E-state index contributed by atoms with van der Waals surface area (Å²) in [6.07, 6.45) is 6.27. The number of aromatic nitrogens is 2. The van der Waals surface area contributed by atoms with Crippen molar-refractivity contribution in [3.05, 3.63) is 11.9 Å². The first-order valence-corrected chi connectivity index (χ1v) is 7.65. The molecule has 1 aliphatic rings. The maximum absolute atomic E-state index is 4.58. The third-order valence-corrected chi connectivity index (χ3v) is 3.62. The lowest BCUT2D eigenvalue weighted by Gasteiger charge is -2.26. The number of hydrogen-bond acceptors (Lipinski definition) is 3. The largest absolute Gasteiger partial charge is 0.354 e. The van der Waals surface area contributed by atoms with Gasteiger partial charge in [0.1, 0.15) is 0 Å². The van der Waals surface area contributed by atoms with Crippen LogP contribution < -0.4 is 5.32 Å². The standard InChI is InChI=1S/C15H28N4/c1-13(2)11-19-12-14(3)17-15(19)16-7-10-18-8-5-4-6-9-18/h12-13H,4-11H2,1-3H3,(H,16,17). The molecule has 108 valence electrons. The van der Waals surface area contributed by atoms with E-state index in [-0.39, 0.29) is 0 Å². The van der Waals surface area contributed by atoms with Gasteiger partial charge in [-0.1, -0.05) is 20.3 Å². The van der Waals surface area contributed by atoms with Crippen molar-refractivity contribution in [3.8, 4) is 0 Å². The van der Waals surface area contributed by atoms with Gasteiger partial charge in [-0.05, 0) is 38.8 Å². The number of imidazole rings is 1. The van der Waals surface area contributed by atoms with Crippen LogP contribution in [0, 0.1) is 12.8 Å². The van der Waals surface area contributed by atoms with Gasteiger partial charge in [-0.25, -0.2) is 4.98 Å². The Hall–Kier alpha value is -1.03. The van der Waals surface area contributed by atoms with Crippen LogP contribution in [0.25, 0.3) is 0 Å². The van der Waals surface area contributed by atoms with Gasteiger partial charge >= 0.3 is 0 Å². The Bertz CT molecular complexity index is 377. The second-order valence-electron chi connectivity index (χ2n) is 6.08. The van der Waals surface area contributed by atoms with Gasteiger partial charge in [0.25, 0.3) is 0 Å². The van der Waals surface area contributed by atoms with E-state index in [0.29, 0.717) is 5.92 Å². The van der Waals surface area contributed by atoms with Gasteiger partial charge in [-0.15, -0.1) is 0 Å². The molecular weight excluding hydrogens is 236 g/mol. The number of piperidine rings is 1. The van der Waals surface area contributed by atoms with Crippen molar-refractivity contribution >= 4 is 5.95 Å². The van der Waals surface area contributed by atoms with E-state index in [1.807, 2.05) is 0 Å². The van der Waals surface area contributed by atoms with Crippen molar-refractivity contribution in [1.29, 1.82) is 0 Å². The monoisotopic (exact) mass is 264 g/mol. The molecule has 0 bridgehead atoms. The van der Waals surface area contributed by atoms with Crippen LogP contribution in [0.2, 0.25) is 0 Å². The van der Waals surface area contributed by atoms with Gasteiger partial charge in [0.15, 0.2) is 0 Å². The molecule has 0 spiro atoms. The quantitative estimate of drug-likeness (QED) is 0.857. The summed E-state index contributed by atoms with van der Waals surface area (Å²) < 4.78 is 2.25. The van der Waals surface area contributed by atoms with E-state index in [4.69, 9.17) is 0 Å². The molecular formula is C15H28N4. The first kappa shape index (κ1) is 14.4. The molecule has 2 rings (SSSR count). The van der Waals surface area contributed by atoms with Crippen LogP contribution in [-0.4, -0.2) is 40.6 Å². The third-order valence-electron chi connectivity index (χ3n) is 3.62. The number of aryl methyl sites for hydroxylation is 1. The molecule has 0 aliphatic carbocycles. The van der Waals surface area contributed by atoms with Gasteiger partial charge < -0.3 is 14.8 Å². The Kier molecular flexibility index (Phi) is 5.25. The zero-order valence-electron chi connectivity index (χ0n) is 12.7. The number of hydrogen-bond donors (Lipinski definition) is 1. The van der Waals surface area contributed by atoms with E-state index in [9.17, 15) is 0 Å². The van der Waals surface area contributed by atoms with Crippen LogP contribution in [0.3, 0.4) is 0 Å². The minimum absolute atomic E-state index is 0.649. The van der Waals surface area contributed by atoms with E-state index in [1.54, 1.807) is 0 Å². The third kappa shape index (κ3) is 4.53. The van der Waals surface area contributed by atoms with E-state index >= 15 is 0 Å². The first-order chi connectivity index (χ1) is 9.15. The summed E-state index contributed by atoms with van der Waals surface area (Å²) >= 11 is 0. The fourth-order valence-corrected chi connectivity index (χ4v) is 2.73. The molecule has 0 amide bonds. The number of likely N-dealkylation sites (tertiary alicyclic amines) is 1. The zero-order valence-corrected chi connectivity index (χ0v) is 12.7. The maximum Gasteiger partial charge on any atom is 0.203 e. The number of nitrogens with zero attached hydrogens (tertiary/aromatic N) is 3. The van der Waals surface area contributed by atoms with Crippen LogP contribution in [0.4, 0.5) is 5.95 Å². The molecule has 0 radical (unpaired) electrons. The predicted octanol–water partition coefficient (Wildman–Crippen LogP) is 2.75. The van der Waals surface area contributed by atoms with Crippen LogP contribution in [0.1, 0.15) is 38.8 Å². The second kappa shape index (κ2) is 6.94. The Morgan fingerprint density at radius 3 is 2.68 bits per heavy atom. The zero-order chi connectivity index (χ0) is 13.7. The summed E-state index contributed by atoms with van der Waals surface area (Å²) in [5, 5.41) is 3.50. The number of nitrogens with one attached hydrogen (secondary N) is 1. The smallest absolute Gasteiger partial charge is 0.203 e. The Morgan fingerprint density at radius 1 is 1.26 bits per heavy atom. The minimum Gasteiger partial charge on any atom is -0.354 e. The molecule has 1 saturated heterocycles. The lowest BCUT2D eigenvalue weighted by molar-refractivity contribution is 0.237. The Balaban J connectivity index is 1.81. The SMILES string of the molecule is Cc1cn(CC(C)C)c(NCCN2CCCCC2)n1. The molecule has 1 aromatic rings. The van der Waals surface area contributed by atoms with Gasteiger partial charge in [0.2, 0.25) is 5.95 Å². The highest BCUT2D eigenvalue weighted by Gasteiger charge is 2.10. The lowest BCUT2D eigenvalue weighted by atomic mass is 10.1. The van der Waals surface area contributed by atoms with Gasteiger partial charge in [0, 0.05) is 25.8 Å². The summed E-state index contributed by atoms with van der Waals surface area (Å²) in [6, 6.07) is 0. The molecule has 1 aromatic heterocycles. The molecule has 0 atom stereocenters. The van der Waals surface area contributed by atoms with Gasteiger partial charge in [-0.3, -0.25) is 0 Å². The summed E-state index contributed by atoms with van der Waals surface area (Å²) in [5.74, 6) is 1.68. The minimum atomic E-state index is 0.649. The van der Waals surface area contributed by atoms with E-state index < -0.39 is 0 Å². The van der Waals surface area contributed by atoms with Gasteiger partial charge in [0.05, 0.1) is 5.69 Å². The van der Waals surface area contributed by atoms with Crippen molar-refractivity contribution in [2.75, 3.05) is 31.5 Å². The van der Waals surface area contributed by atoms with Crippen molar-refractivity contribution in [2.45, 2.75) is 46.6 Å². The first-order valence-electron chi connectivity index (χ1n) is 7.65. The second-order valence-corrected chi connectivity index (χ2v) is 6.08. The molecule has 2 heterocycles. The van der Waals surface area contributed by atoms with E-state index in [1.165, 1.54) is 32.4 Å². The van der Waals surface area contributed by atoms with Crippen LogP contribution in [0.15, 0.2) is 6.20 Å². The predicted molar refractivity (Wildman–Crippen MR) is 80.6 cm³/mol. The maximum atomic E-state index is 4.58. The summed E-state index contributed by atoms with van der Waals surface area (Å²) in [6.45, 7) is 12.2. The fraction of sp³-hybridized carbons (Fsp3) is 0.800.